The SMILES string of the molecule is C=c1c(C(C)C)nc2c(C(=O)OC(C)C)c(C(C)C)nn2c1=O. The van der Waals surface area contributed by atoms with Crippen LogP contribution in [-0.2, 0) is 4.74 Å². The summed E-state index contributed by atoms with van der Waals surface area (Å²) in [4.78, 5) is 29.5. The maximum atomic E-state index is 12.5. The zero-order valence-electron chi connectivity index (χ0n) is 14.5. The quantitative estimate of drug-likeness (QED) is 0.807. The Morgan fingerprint density at radius 1 is 1.09 bits per heavy atom. The molecule has 2 aromatic rings. The van der Waals surface area contributed by atoms with Gasteiger partial charge in [0.25, 0.3) is 5.56 Å². The van der Waals surface area contributed by atoms with Gasteiger partial charge in [0.05, 0.1) is 22.7 Å². The second-order valence-corrected chi connectivity index (χ2v) is 6.54. The van der Waals surface area contributed by atoms with Crippen LogP contribution in [0.15, 0.2) is 4.79 Å². The summed E-state index contributed by atoms with van der Waals surface area (Å²) in [5, 5.41) is 4.62. The lowest BCUT2D eigenvalue weighted by Crippen LogP contribution is -2.35. The van der Waals surface area contributed by atoms with Crippen molar-refractivity contribution >= 4 is 18.2 Å². The highest BCUT2D eigenvalue weighted by molar-refractivity contribution is 5.97. The molecule has 0 aliphatic carbocycles. The molecule has 0 spiro atoms. The van der Waals surface area contributed by atoms with Gasteiger partial charge in [-0.25, -0.2) is 9.78 Å². The molecule has 6 nitrogen and oxygen atoms in total. The smallest absolute Gasteiger partial charge is 0.344 e. The van der Waals surface area contributed by atoms with E-state index in [1.54, 1.807) is 13.8 Å². The minimum Gasteiger partial charge on any atom is -0.459 e. The fourth-order valence-electron chi connectivity index (χ4n) is 2.44. The number of carbonyl (C=O) groups is 1. The van der Waals surface area contributed by atoms with Crippen LogP contribution in [0.3, 0.4) is 0 Å². The summed E-state index contributed by atoms with van der Waals surface area (Å²) in [7, 11) is 0. The Kier molecular flexibility index (Phi) is 4.54. The van der Waals surface area contributed by atoms with E-state index in [0.29, 0.717) is 16.6 Å². The number of nitrogens with zero attached hydrogens (tertiary/aromatic N) is 3. The monoisotopic (exact) mass is 317 g/mol. The molecular formula is C17H23N3O3. The average Bonchev–Trinajstić information content (AvgIpc) is 2.81. The van der Waals surface area contributed by atoms with Gasteiger partial charge >= 0.3 is 5.97 Å². The maximum absolute atomic E-state index is 12.5. The first kappa shape index (κ1) is 17.1. The molecule has 0 atom stereocenters. The van der Waals surface area contributed by atoms with Crippen LogP contribution in [-0.4, -0.2) is 26.7 Å². The van der Waals surface area contributed by atoms with E-state index in [-0.39, 0.29) is 34.7 Å². The maximum Gasteiger partial charge on any atom is 0.344 e. The van der Waals surface area contributed by atoms with Gasteiger partial charge in [-0.05, 0) is 25.7 Å². The van der Waals surface area contributed by atoms with E-state index < -0.39 is 5.97 Å². The Morgan fingerprint density at radius 3 is 2.13 bits per heavy atom. The molecule has 2 heterocycles. The third-order valence-corrected chi connectivity index (χ3v) is 3.51. The molecule has 0 saturated carbocycles. The summed E-state index contributed by atoms with van der Waals surface area (Å²) in [5.41, 5.74) is 1.27. The molecule has 0 radical (unpaired) electrons. The molecule has 2 rings (SSSR count). The van der Waals surface area contributed by atoms with Crippen LogP contribution in [0.2, 0.25) is 0 Å². The van der Waals surface area contributed by atoms with Crippen molar-refractivity contribution in [1.82, 2.24) is 14.6 Å². The number of hydrogen-bond donors (Lipinski definition) is 0. The van der Waals surface area contributed by atoms with Crippen LogP contribution in [0.25, 0.3) is 12.2 Å². The third kappa shape index (κ3) is 2.98. The Labute approximate surface area is 135 Å². The first-order valence-electron chi connectivity index (χ1n) is 7.81. The van der Waals surface area contributed by atoms with Gasteiger partial charge in [0.2, 0.25) is 0 Å². The van der Waals surface area contributed by atoms with E-state index in [9.17, 15) is 9.59 Å². The molecule has 0 aromatic carbocycles. The highest BCUT2D eigenvalue weighted by Crippen LogP contribution is 2.23. The van der Waals surface area contributed by atoms with Crippen LogP contribution in [0.4, 0.5) is 0 Å². The zero-order chi connectivity index (χ0) is 17.5. The predicted octanol–water partition coefficient (Wildman–Crippen LogP) is 2.03. The molecule has 0 unspecified atom stereocenters. The van der Waals surface area contributed by atoms with E-state index in [0.717, 1.165) is 0 Å². The first-order chi connectivity index (χ1) is 10.6. The number of rotatable bonds is 4. The summed E-state index contributed by atoms with van der Waals surface area (Å²) < 4.78 is 6.48. The number of carbonyl (C=O) groups excluding carboxylic acids is 1. The van der Waals surface area contributed by atoms with Crippen molar-refractivity contribution in [1.29, 1.82) is 0 Å². The second-order valence-electron chi connectivity index (χ2n) is 6.54. The molecule has 6 heteroatoms. The van der Waals surface area contributed by atoms with Gasteiger partial charge in [0.1, 0.15) is 5.56 Å². The molecule has 0 fully saturated rings. The van der Waals surface area contributed by atoms with E-state index in [1.807, 2.05) is 27.7 Å². The van der Waals surface area contributed by atoms with Crippen LogP contribution in [0, 0.1) is 0 Å². The molecule has 0 amide bonds. The molecule has 0 N–H and O–H groups in total. The van der Waals surface area contributed by atoms with Crippen LogP contribution in [0.1, 0.15) is 75.1 Å². The molecule has 2 aromatic heterocycles. The van der Waals surface area contributed by atoms with E-state index >= 15 is 0 Å². The summed E-state index contributed by atoms with van der Waals surface area (Å²) >= 11 is 0. The van der Waals surface area contributed by atoms with Crippen molar-refractivity contribution in [2.24, 2.45) is 0 Å². The number of aromatic nitrogens is 3. The summed E-state index contributed by atoms with van der Waals surface area (Å²) in [6.45, 7) is 15.0. The molecule has 0 aliphatic rings. The van der Waals surface area contributed by atoms with Crippen molar-refractivity contribution in [2.45, 2.75) is 59.5 Å². The number of esters is 1. The minimum atomic E-state index is -0.503. The van der Waals surface area contributed by atoms with Gasteiger partial charge < -0.3 is 4.74 Å². The van der Waals surface area contributed by atoms with E-state index in [4.69, 9.17) is 4.74 Å². The van der Waals surface area contributed by atoms with Gasteiger partial charge in [-0.3, -0.25) is 4.79 Å². The molecule has 0 saturated heterocycles. The fourth-order valence-corrected chi connectivity index (χ4v) is 2.44. The molecule has 23 heavy (non-hydrogen) atoms. The van der Waals surface area contributed by atoms with Crippen molar-refractivity contribution in [2.75, 3.05) is 0 Å². The van der Waals surface area contributed by atoms with Crippen molar-refractivity contribution in [3.63, 3.8) is 0 Å². The fraction of sp³-hybridized carbons (Fsp3) is 0.529. The largest absolute Gasteiger partial charge is 0.459 e. The second kappa shape index (κ2) is 6.10. The van der Waals surface area contributed by atoms with Crippen LogP contribution >= 0.6 is 0 Å². The van der Waals surface area contributed by atoms with Gasteiger partial charge in [0, 0.05) is 0 Å². The molecular weight excluding hydrogens is 294 g/mol. The highest BCUT2D eigenvalue weighted by Gasteiger charge is 2.27. The molecule has 0 bridgehead atoms. The zero-order valence-corrected chi connectivity index (χ0v) is 14.5. The number of hydrogen-bond acceptors (Lipinski definition) is 5. The van der Waals surface area contributed by atoms with Crippen molar-refractivity contribution < 1.29 is 9.53 Å². The Morgan fingerprint density at radius 2 is 1.65 bits per heavy atom. The lowest BCUT2D eigenvalue weighted by Gasteiger charge is -2.10. The third-order valence-electron chi connectivity index (χ3n) is 3.51. The lowest BCUT2D eigenvalue weighted by atomic mass is 10.1. The lowest BCUT2D eigenvalue weighted by molar-refractivity contribution is 0.0378. The van der Waals surface area contributed by atoms with Gasteiger partial charge in [0.15, 0.2) is 5.65 Å². The summed E-state index contributed by atoms with van der Waals surface area (Å²) in [5.74, 6) is -0.523. The Balaban J connectivity index is 2.87. The molecule has 124 valence electrons. The predicted molar refractivity (Wildman–Crippen MR) is 88.7 cm³/mol. The van der Waals surface area contributed by atoms with E-state index in [2.05, 4.69) is 16.7 Å². The van der Waals surface area contributed by atoms with Crippen molar-refractivity contribution in [3.05, 3.63) is 32.5 Å². The van der Waals surface area contributed by atoms with Crippen LogP contribution < -0.4 is 10.8 Å². The van der Waals surface area contributed by atoms with Crippen molar-refractivity contribution in [3.8, 4) is 0 Å². The Bertz CT molecular complexity index is 850. The standard InChI is InChI=1S/C17H23N3O3/c1-8(2)13-11(7)16(21)20-15(18-13)12(14(19-20)9(3)4)17(22)23-10(5)6/h8-10H,7H2,1-6H3. The number of fused-ring (bicyclic) bond motifs is 1. The van der Waals surface area contributed by atoms with Gasteiger partial charge in [-0.15, -0.1) is 0 Å². The minimum absolute atomic E-state index is 0.0200. The van der Waals surface area contributed by atoms with Gasteiger partial charge in [-0.1, -0.05) is 34.3 Å². The Hall–Kier alpha value is -2.24. The normalized spacial score (nSPS) is 11.9. The first-order valence-corrected chi connectivity index (χ1v) is 7.81. The summed E-state index contributed by atoms with van der Waals surface area (Å²) in [6, 6.07) is 0. The average molecular weight is 317 g/mol. The summed E-state index contributed by atoms with van der Waals surface area (Å²) in [6.07, 6.45) is -0.263. The number of ether oxygens (including phenoxy) is 1. The topological polar surface area (TPSA) is 73.6 Å². The van der Waals surface area contributed by atoms with E-state index in [1.165, 1.54) is 4.52 Å². The van der Waals surface area contributed by atoms with Crippen LogP contribution in [0.5, 0.6) is 0 Å². The molecule has 0 aliphatic heterocycles. The van der Waals surface area contributed by atoms with Gasteiger partial charge in [-0.2, -0.15) is 9.61 Å². The highest BCUT2D eigenvalue weighted by atomic mass is 16.5.